The molecule has 2 aromatic heterocycles. The summed E-state index contributed by atoms with van der Waals surface area (Å²) in [7, 11) is 0. The molecule has 0 aliphatic rings. The first-order chi connectivity index (χ1) is 13.5. The van der Waals surface area contributed by atoms with Gasteiger partial charge in [-0.3, -0.25) is 4.79 Å². The maximum atomic E-state index is 12.9. The molecule has 0 spiro atoms. The minimum atomic E-state index is -0.303. The first-order valence-electron chi connectivity index (χ1n) is 8.43. The number of aromatic nitrogens is 4. The van der Waals surface area contributed by atoms with Gasteiger partial charge < -0.3 is 5.32 Å². The molecule has 148 valence electrons. The predicted octanol–water partition coefficient (Wildman–Crippen LogP) is 4.50. The Bertz CT molecular complexity index is 912. The molecule has 1 aromatic carbocycles. The van der Waals surface area contributed by atoms with E-state index in [0.29, 0.717) is 23.2 Å². The summed E-state index contributed by atoms with van der Waals surface area (Å²) in [5.74, 6) is 1.63. The van der Waals surface area contributed by atoms with Crippen molar-refractivity contribution in [1.29, 1.82) is 0 Å². The lowest BCUT2D eigenvalue weighted by Gasteiger charge is -2.02. The molecule has 6 nitrogen and oxygen atoms in total. The van der Waals surface area contributed by atoms with Crippen LogP contribution in [0, 0.1) is 11.7 Å². The summed E-state index contributed by atoms with van der Waals surface area (Å²) >= 11 is 6.08. The molecule has 0 aliphatic heterocycles. The normalized spacial score (nSPS) is 11.1. The van der Waals surface area contributed by atoms with Gasteiger partial charge in [-0.15, -0.1) is 20.4 Å². The third-order valence-electron chi connectivity index (χ3n) is 3.27. The molecular formula is C17H18FN5OS4. The summed E-state index contributed by atoms with van der Waals surface area (Å²) in [5.41, 5.74) is 0.817. The van der Waals surface area contributed by atoms with Crippen molar-refractivity contribution >= 4 is 52.1 Å². The fourth-order valence-electron chi connectivity index (χ4n) is 1.94. The number of hydrogen-bond donors (Lipinski definition) is 1. The standard InChI is InChI=1S/C17H18FN5OS4/c1-10(2)8-25-16-22-23-17(28-16)26-9-13-20-21-15(27-13)14(24)19-7-11-3-5-12(18)6-4-11/h3-6,10H,7-9H2,1-2H3,(H,19,24). The second-order valence-electron chi connectivity index (χ2n) is 6.14. The lowest BCUT2D eigenvalue weighted by atomic mass is 10.2. The molecule has 0 fully saturated rings. The van der Waals surface area contributed by atoms with E-state index in [-0.39, 0.29) is 11.7 Å². The molecule has 0 atom stereocenters. The van der Waals surface area contributed by atoms with Gasteiger partial charge in [0.25, 0.3) is 5.91 Å². The zero-order valence-electron chi connectivity index (χ0n) is 15.2. The van der Waals surface area contributed by atoms with E-state index in [0.717, 1.165) is 25.0 Å². The van der Waals surface area contributed by atoms with Gasteiger partial charge in [0.1, 0.15) is 10.8 Å². The predicted molar refractivity (Wildman–Crippen MR) is 113 cm³/mol. The largest absolute Gasteiger partial charge is 0.346 e. The van der Waals surface area contributed by atoms with Crippen molar-refractivity contribution in [3.8, 4) is 0 Å². The number of benzene rings is 1. The maximum Gasteiger partial charge on any atom is 0.282 e. The molecule has 0 bridgehead atoms. The summed E-state index contributed by atoms with van der Waals surface area (Å²) in [6, 6.07) is 5.99. The fraction of sp³-hybridized carbons (Fsp3) is 0.353. The second kappa shape index (κ2) is 10.3. The minimum Gasteiger partial charge on any atom is -0.346 e. The van der Waals surface area contributed by atoms with Crippen LogP contribution < -0.4 is 5.32 Å². The van der Waals surface area contributed by atoms with Crippen molar-refractivity contribution in [1.82, 2.24) is 25.7 Å². The number of carbonyl (C=O) groups excluding carboxylic acids is 1. The molecule has 0 saturated heterocycles. The van der Waals surface area contributed by atoms with Gasteiger partial charge in [0.2, 0.25) is 5.01 Å². The highest BCUT2D eigenvalue weighted by atomic mass is 32.2. The molecule has 11 heteroatoms. The molecule has 0 saturated carbocycles. The van der Waals surface area contributed by atoms with Crippen molar-refractivity contribution in [2.45, 2.75) is 34.8 Å². The summed E-state index contributed by atoms with van der Waals surface area (Å²) < 4.78 is 14.8. The minimum absolute atomic E-state index is 0.290. The summed E-state index contributed by atoms with van der Waals surface area (Å²) in [5, 5.41) is 20.2. The fourth-order valence-corrected chi connectivity index (χ4v) is 5.68. The van der Waals surface area contributed by atoms with Crippen molar-refractivity contribution in [2.75, 3.05) is 5.75 Å². The topological polar surface area (TPSA) is 80.7 Å². The Labute approximate surface area is 178 Å². The smallest absolute Gasteiger partial charge is 0.282 e. The van der Waals surface area contributed by atoms with Crippen LogP contribution in [0.15, 0.2) is 32.9 Å². The average Bonchev–Trinajstić information content (AvgIpc) is 3.33. The van der Waals surface area contributed by atoms with Gasteiger partial charge >= 0.3 is 0 Å². The highest BCUT2D eigenvalue weighted by Gasteiger charge is 2.14. The number of amides is 1. The van der Waals surface area contributed by atoms with Gasteiger partial charge in [-0.1, -0.05) is 72.2 Å². The van der Waals surface area contributed by atoms with Crippen LogP contribution in [0.4, 0.5) is 4.39 Å². The Morgan fingerprint density at radius 3 is 2.50 bits per heavy atom. The van der Waals surface area contributed by atoms with Gasteiger partial charge in [-0.05, 0) is 23.6 Å². The molecule has 3 rings (SSSR count). The lowest BCUT2D eigenvalue weighted by Crippen LogP contribution is -2.22. The molecule has 1 N–H and O–H groups in total. The van der Waals surface area contributed by atoms with Gasteiger partial charge in [-0.2, -0.15) is 0 Å². The number of hydrogen-bond acceptors (Lipinski definition) is 9. The highest BCUT2D eigenvalue weighted by Crippen LogP contribution is 2.31. The van der Waals surface area contributed by atoms with Crippen LogP contribution >= 0.6 is 46.2 Å². The van der Waals surface area contributed by atoms with Gasteiger partial charge in [0, 0.05) is 12.3 Å². The molecule has 0 unspecified atom stereocenters. The van der Waals surface area contributed by atoms with Crippen molar-refractivity contribution in [3.63, 3.8) is 0 Å². The molecular weight excluding hydrogens is 437 g/mol. The Balaban J connectivity index is 1.47. The van der Waals surface area contributed by atoms with E-state index in [9.17, 15) is 9.18 Å². The summed E-state index contributed by atoms with van der Waals surface area (Å²) in [6.07, 6.45) is 0. The van der Waals surface area contributed by atoms with Gasteiger partial charge in [0.05, 0.1) is 5.75 Å². The van der Waals surface area contributed by atoms with E-state index in [1.165, 1.54) is 35.2 Å². The SMILES string of the molecule is CC(C)CSc1nnc(SCc2nnc(C(=O)NCc3ccc(F)cc3)s2)s1. The van der Waals surface area contributed by atoms with Crippen LogP contribution in [0.25, 0.3) is 0 Å². The van der Waals surface area contributed by atoms with Crippen molar-refractivity contribution < 1.29 is 9.18 Å². The van der Waals surface area contributed by atoms with Gasteiger partial charge in [0.15, 0.2) is 8.68 Å². The molecule has 3 aromatic rings. The highest BCUT2D eigenvalue weighted by molar-refractivity contribution is 8.03. The summed E-state index contributed by atoms with van der Waals surface area (Å²) in [6.45, 7) is 4.66. The van der Waals surface area contributed by atoms with Crippen LogP contribution in [-0.2, 0) is 12.3 Å². The maximum absolute atomic E-state index is 12.9. The van der Waals surface area contributed by atoms with E-state index in [2.05, 4.69) is 39.6 Å². The van der Waals surface area contributed by atoms with Crippen LogP contribution in [0.5, 0.6) is 0 Å². The third kappa shape index (κ3) is 6.50. The van der Waals surface area contributed by atoms with Crippen LogP contribution in [-0.4, -0.2) is 32.1 Å². The average molecular weight is 456 g/mol. The lowest BCUT2D eigenvalue weighted by molar-refractivity contribution is 0.0950. The second-order valence-corrected chi connectivity index (χ2v) is 10.7. The van der Waals surface area contributed by atoms with Crippen LogP contribution in [0.2, 0.25) is 0 Å². The first kappa shape index (κ1) is 21.2. The molecule has 0 radical (unpaired) electrons. The number of thioether (sulfide) groups is 2. The number of rotatable bonds is 9. The zero-order valence-corrected chi connectivity index (χ0v) is 18.5. The first-order valence-corrected chi connectivity index (χ1v) is 12.0. The monoisotopic (exact) mass is 455 g/mol. The van der Waals surface area contributed by atoms with E-state index >= 15 is 0 Å². The Morgan fingerprint density at radius 2 is 1.79 bits per heavy atom. The number of halogens is 1. The Morgan fingerprint density at radius 1 is 1.07 bits per heavy atom. The number of nitrogens with one attached hydrogen (secondary N) is 1. The van der Waals surface area contributed by atoms with E-state index in [4.69, 9.17) is 0 Å². The quantitative estimate of drug-likeness (QED) is 0.476. The van der Waals surface area contributed by atoms with Crippen LogP contribution in [0.3, 0.4) is 0 Å². The van der Waals surface area contributed by atoms with Crippen molar-refractivity contribution in [3.05, 3.63) is 45.7 Å². The van der Waals surface area contributed by atoms with Crippen LogP contribution in [0.1, 0.15) is 34.2 Å². The molecule has 1 amide bonds. The molecule has 0 aliphatic carbocycles. The van der Waals surface area contributed by atoms with E-state index in [1.54, 1.807) is 35.2 Å². The molecule has 28 heavy (non-hydrogen) atoms. The zero-order chi connectivity index (χ0) is 19.9. The number of carbonyl (C=O) groups is 1. The van der Waals surface area contributed by atoms with E-state index in [1.807, 2.05) is 0 Å². The summed E-state index contributed by atoms with van der Waals surface area (Å²) in [4.78, 5) is 12.2. The number of nitrogens with zero attached hydrogens (tertiary/aromatic N) is 4. The Hall–Kier alpha value is -1.56. The van der Waals surface area contributed by atoms with E-state index < -0.39 is 0 Å². The van der Waals surface area contributed by atoms with Gasteiger partial charge in [-0.25, -0.2) is 4.39 Å². The Kier molecular flexibility index (Phi) is 7.77. The van der Waals surface area contributed by atoms with Crippen molar-refractivity contribution in [2.24, 2.45) is 5.92 Å². The third-order valence-corrected chi connectivity index (χ3v) is 8.01. The molecule has 2 heterocycles.